The Morgan fingerprint density at radius 1 is 1.03 bits per heavy atom. The van der Waals surface area contributed by atoms with Crippen molar-refractivity contribution < 1.29 is 13.2 Å². The molecule has 0 aliphatic carbocycles. The third kappa shape index (κ3) is 5.71. The van der Waals surface area contributed by atoms with Crippen LogP contribution in [0.4, 0.5) is 5.95 Å². The Labute approximate surface area is 223 Å². The minimum absolute atomic E-state index is 0.0335. The van der Waals surface area contributed by atoms with Gasteiger partial charge in [0.2, 0.25) is 11.8 Å². The molecular formula is C28H32N6O3S. The smallest absolute Gasteiger partial charge is 0.267 e. The van der Waals surface area contributed by atoms with E-state index >= 15 is 0 Å². The molecule has 0 radical (unpaired) electrons. The van der Waals surface area contributed by atoms with E-state index in [0.29, 0.717) is 11.6 Å². The summed E-state index contributed by atoms with van der Waals surface area (Å²) < 4.78 is 36.3. The number of nitrogens with one attached hydrogen (secondary N) is 1. The summed E-state index contributed by atoms with van der Waals surface area (Å²) in [4.78, 5) is 11.4. The fourth-order valence-corrected chi connectivity index (χ4v) is 5.76. The molecular weight excluding hydrogens is 500 g/mol. The molecule has 1 aliphatic rings. The van der Waals surface area contributed by atoms with Crippen LogP contribution in [0.1, 0.15) is 28.7 Å². The summed E-state index contributed by atoms with van der Waals surface area (Å²) in [6.07, 6.45) is 3.50. The van der Waals surface area contributed by atoms with E-state index in [4.69, 9.17) is 4.74 Å². The van der Waals surface area contributed by atoms with Gasteiger partial charge in [-0.1, -0.05) is 42.5 Å². The Morgan fingerprint density at radius 3 is 2.47 bits per heavy atom. The summed E-state index contributed by atoms with van der Waals surface area (Å²) in [6.45, 7) is 8.67. The Hall–Kier alpha value is -3.76. The first-order valence-electron chi connectivity index (χ1n) is 12.6. The van der Waals surface area contributed by atoms with Gasteiger partial charge in [-0.05, 0) is 49.4 Å². The minimum atomic E-state index is -3.93. The molecule has 1 N–H and O–H groups in total. The second kappa shape index (κ2) is 10.5. The van der Waals surface area contributed by atoms with Gasteiger partial charge in [0.25, 0.3) is 10.0 Å². The van der Waals surface area contributed by atoms with Gasteiger partial charge in [0, 0.05) is 44.5 Å². The van der Waals surface area contributed by atoms with Gasteiger partial charge in [-0.2, -0.15) is 10.1 Å². The summed E-state index contributed by atoms with van der Waals surface area (Å²) in [5, 5.41) is 3.97. The van der Waals surface area contributed by atoms with Gasteiger partial charge >= 0.3 is 0 Å². The van der Waals surface area contributed by atoms with Crippen molar-refractivity contribution in [3.05, 3.63) is 83.2 Å². The lowest BCUT2D eigenvalue weighted by atomic mass is 10.00. The zero-order valence-electron chi connectivity index (χ0n) is 22.0. The van der Waals surface area contributed by atoms with Crippen molar-refractivity contribution in [1.29, 1.82) is 0 Å². The van der Waals surface area contributed by atoms with Crippen LogP contribution in [0.2, 0.25) is 0 Å². The maximum absolute atomic E-state index is 13.0. The highest BCUT2D eigenvalue weighted by Gasteiger charge is 2.26. The molecule has 5 rings (SSSR count). The Balaban J connectivity index is 1.42. The fourth-order valence-electron chi connectivity index (χ4n) is 4.83. The molecule has 2 aromatic carbocycles. The quantitative estimate of drug-likeness (QED) is 0.362. The lowest BCUT2D eigenvalue weighted by Gasteiger charge is -2.18. The van der Waals surface area contributed by atoms with E-state index in [1.165, 1.54) is 28.2 Å². The van der Waals surface area contributed by atoms with Crippen LogP contribution in [-0.4, -0.2) is 52.3 Å². The number of likely N-dealkylation sites (tertiary alicyclic amines) is 1. The molecule has 1 fully saturated rings. The lowest BCUT2D eigenvalue weighted by Crippen LogP contribution is -2.25. The molecule has 1 saturated heterocycles. The Kier molecular flexibility index (Phi) is 7.18. The highest BCUT2D eigenvalue weighted by molar-refractivity contribution is 7.92. The molecule has 10 heteroatoms. The van der Waals surface area contributed by atoms with Crippen LogP contribution in [-0.2, 0) is 23.6 Å². The number of hydrogen-bond donors (Lipinski definition) is 1. The fraction of sp³-hybridized carbons (Fsp3) is 0.321. The van der Waals surface area contributed by atoms with Crippen molar-refractivity contribution in [3.63, 3.8) is 0 Å². The lowest BCUT2D eigenvalue weighted by molar-refractivity contribution is 0.191. The van der Waals surface area contributed by atoms with Crippen LogP contribution >= 0.6 is 0 Å². The van der Waals surface area contributed by atoms with Crippen LogP contribution in [0, 0.1) is 20.8 Å². The van der Waals surface area contributed by atoms with E-state index in [1.54, 1.807) is 13.1 Å². The van der Waals surface area contributed by atoms with E-state index in [1.807, 2.05) is 32.0 Å². The molecule has 3 heterocycles. The average Bonchev–Trinajstić information content (AvgIpc) is 3.49. The number of sulfonamides is 1. The number of anilines is 1. The van der Waals surface area contributed by atoms with E-state index in [9.17, 15) is 8.42 Å². The number of ether oxygens (including phenoxy) is 1. The van der Waals surface area contributed by atoms with Crippen molar-refractivity contribution in [2.24, 2.45) is 7.05 Å². The summed E-state index contributed by atoms with van der Waals surface area (Å²) in [5.74, 6) is 0.294. The second-order valence-electron chi connectivity index (χ2n) is 9.83. The summed E-state index contributed by atoms with van der Waals surface area (Å²) >= 11 is 0. The summed E-state index contributed by atoms with van der Waals surface area (Å²) in [7, 11) is -2.27. The number of aryl methyl sites for hydroxylation is 4. The van der Waals surface area contributed by atoms with E-state index in [2.05, 4.69) is 55.9 Å². The first-order chi connectivity index (χ1) is 18.2. The zero-order valence-corrected chi connectivity index (χ0v) is 22.9. The van der Waals surface area contributed by atoms with Crippen molar-refractivity contribution >= 4 is 16.0 Å². The van der Waals surface area contributed by atoms with Crippen LogP contribution < -0.4 is 9.46 Å². The standard InChI is InChI=1S/C28H32N6O3S/c1-19-8-5-6-11-22(19)16-34-13-12-23(17-34)37-26-14-25(27-20(2)9-7-10-21(27)3)30-28(31-26)32-38(35,36)24-15-29-33(4)18-24/h5-11,14-15,18,23H,12-13,16-17H2,1-4H3,(H,30,31,32). The third-order valence-corrected chi connectivity index (χ3v) is 8.11. The number of aromatic nitrogens is 4. The molecule has 4 aromatic rings. The number of nitrogens with zero attached hydrogens (tertiary/aromatic N) is 5. The molecule has 1 aliphatic heterocycles. The largest absolute Gasteiger partial charge is 0.473 e. The Morgan fingerprint density at radius 2 is 1.76 bits per heavy atom. The predicted octanol–water partition coefficient (Wildman–Crippen LogP) is 4.26. The van der Waals surface area contributed by atoms with Gasteiger partial charge in [-0.15, -0.1) is 0 Å². The number of rotatable bonds is 8. The predicted molar refractivity (Wildman–Crippen MR) is 146 cm³/mol. The highest BCUT2D eigenvalue weighted by atomic mass is 32.2. The number of hydrogen-bond acceptors (Lipinski definition) is 7. The van der Waals surface area contributed by atoms with Gasteiger partial charge in [0.05, 0.1) is 11.9 Å². The first kappa shape index (κ1) is 25.9. The molecule has 1 unspecified atom stereocenters. The van der Waals surface area contributed by atoms with Crippen LogP contribution in [0.25, 0.3) is 11.3 Å². The molecule has 0 bridgehead atoms. The topological polar surface area (TPSA) is 102 Å². The van der Waals surface area contributed by atoms with E-state index < -0.39 is 10.0 Å². The van der Waals surface area contributed by atoms with Gasteiger partial charge in [0.15, 0.2) is 0 Å². The molecule has 0 spiro atoms. The van der Waals surface area contributed by atoms with Crippen molar-refractivity contribution in [2.45, 2.75) is 44.7 Å². The molecule has 9 nitrogen and oxygen atoms in total. The maximum atomic E-state index is 13.0. The van der Waals surface area contributed by atoms with Crippen LogP contribution in [0.5, 0.6) is 5.88 Å². The van der Waals surface area contributed by atoms with Gasteiger partial charge in [-0.25, -0.2) is 18.1 Å². The number of benzene rings is 2. The van der Waals surface area contributed by atoms with Crippen molar-refractivity contribution in [2.75, 3.05) is 17.8 Å². The molecule has 0 saturated carbocycles. The molecule has 1 atom stereocenters. The Bertz CT molecular complexity index is 1550. The minimum Gasteiger partial charge on any atom is -0.473 e. The highest BCUT2D eigenvalue weighted by Crippen LogP contribution is 2.30. The van der Waals surface area contributed by atoms with Crippen LogP contribution in [0.3, 0.4) is 0 Å². The van der Waals surface area contributed by atoms with Gasteiger partial charge in [0.1, 0.15) is 11.0 Å². The van der Waals surface area contributed by atoms with Crippen molar-refractivity contribution in [3.8, 4) is 17.1 Å². The molecule has 2 aromatic heterocycles. The monoisotopic (exact) mass is 532 g/mol. The van der Waals surface area contributed by atoms with Gasteiger partial charge in [-0.3, -0.25) is 9.58 Å². The van der Waals surface area contributed by atoms with E-state index in [0.717, 1.165) is 42.7 Å². The maximum Gasteiger partial charge on any atom is 0.267 e. The molecule has 0 amide bonds. The molecule has 38 heavy (non-hydrogen) atoms. The molecule has 198 valence electrons. The summed E-state index contributed by atoms with van der Waals surface area (Å²) in [6, 6.07) is 16.2. The normalized spacial score (nSPS) is 16.1. The third-order valence-electron chi connectivity index (χ3n) is 6.83. The summed E-state index contributed by atoms with van der Waals surface area (Å²) in [5.41, 5.74) is 6.16. The van der Waals surface area contributed by atoms with Crippen LogP contribution in [0.15, 0.2) is 65.8 Å². The zero-order chi connectivity index (χ0) is 26.9. The van der Waals surface area contributed by atoms with E-state index in [-0.39, 0.29) is 16.9 Å². The SMILES string of the molecule is Cc1ccccc1CN1CCC(Oc2cc(-c3c(C)cccc3C)nc(NS(=O)(=O)c3cnn(C)c3)n2)C1. The second-order valence-corrected chi connectivity index (χ2v) is 11.5. The van der Waals surface area contributed by atoms with Gasteiger partial charge < -0.3 is 4.74 Å². The average molecular weight is 533 g/mol. The van der Waals surface area contributed by atoms with Crippen molar-refractivity contribution in [1.82, 2.24) is 24.6 Å². The first-order valence-corrected chi connectivity index (χ1v) is 14.1.